The lowest BCUT2D eigenvalue weighted by atomic mass is 9.76. The number of nitrogens with one attached hydrogen (secondary N) is 1. The van der Waals surface area contributed by atoms with Gasteiger partial charge in [-0.3, -0.25) is 4.79 Å². The first kappa shape index (κ1) is 13.9. The van der Waals surface area contributed by atoms with Crippen molar-refractivity contribution in [3.05, 3.63) is 29.3 Å². The van der Waals surface area contributed by atoms with Gasteiger partial charge in [0.15, 0.2) is 0 Å². The van der Waals surface area contributed by atoms with E-state index in [-0.39, 0.29) is 23.8 Å². The maximum Gasteiger partial charge on any atom is 0.255 e. The van der Waals surface area contributed by atoms with E-state index in [2.05, 4.69) is 5.32 Å². The van der Waals surface area contributed by atoms with Gasteiger partial charge in [-0.2, -0.15) is 0 Å². The Morgan fingerprint density at radius 1 is 1.47 bits per heavy atom. The van der Waals surface area contributed by atoms with E-state index in [0.717, 1.165) is 24.8 Å². The van der Waals surface area contributed by atoms with Crippen molar-refractivity contribution in [3.8, 4) is 5.75 Å². The lowest BCUT2D eigenvalue weighted by molar-refractivity contribution is 0.0232. The zero-order valence-corrected chi connectivity index (χ0v) is 11.4. The number of amides is 1. The van der Waals surface area contributed by atoms with Crippen LogP contribution in [0.4, 0.5) is 0 Å². The van der Waals surface area contributed by atoms with Gasteiger partial charge in [0.2, 0.25) is 0 Å². The third kappa shape index (κ3) is 3.07. The first-order chi connectivity index (χ1) is 9.01. The van der Waals surface area contributed by atoms with E-state index in [0.29, 0.717) is 11.5 Å². The Labute approximate surface area is 113 Å². The van der Waals surface area contributed by atoms with Crippen LogP contribution in [0, 0.1) is 12.8 Å². The Kier molecular flexibility index (Phi) is 4.10. The zero-order valence-electron chi connectivity index (χ0n) is 11.4. The highest BCUT2D eigenvalue weighted by molar-refractivity contribution is 5.97. The molecule has 1 aromatic rings. The van der Waals surface area contributed by atoms with E-state index in [1.807, 2.05) is 19.9 Å². The number of phenols is 1. The van der Waals surface area contributed by atoms with Crippen molar-refractivity contribution in [1.82, 2.24) is 5.32 Å². The van der Waals surface area contributed by atoms with Gasteiger partial charge >= 0.3 is 0 Å². The summed E-state index contributed by atoms with van der Waals surface area (Å²) in [7, 11) is 0. The summed E-state index contributed by atoms with van der Waals surface area (Å²) in [5, 5.41) is 22.1. The molecule has 0 aliphatic heterocycles. The topological polar surface area (TPSA) is 69.6 Å². The summed E-state index contributed by atoms with van der Waals surface area (Å²) in [5.74, 6) is 0.114. The number of hydrogen-bond acceptors (Lipinski definition) is 3. The summed E-state index contributed by atoms with van der Waals surface area (Å²) >= 11 is 0. The van der Waals surface area contributed by atoms with Gasteiger partial charge in [0, 0.05) is 6.04 Å². The second-order valence-corrected chi connectivity index (χ2v) is 5.39. The molecule has 2 rings (SSSR count). The molecular formula is C15H21NO3. The summed E-state index contributed by atoms with van der Waals surface area (Å²) in [6.45, 7) is 3.89. The van der Waals surface area contributed by atoms with Crippen LogP contribution in [-0.2, 0) is 0 Å². The van der Waals surface area contributed by atoms with E-state index >= 15 is 0 Å². The molecule has 1 unspecified atom stereocenters. The quantitative estimate of drug-likeness (QED) is 0.778. The van der Waals surface area contributed by atoms with Crippen LogP contribution in [0.3, 0.4) is 0 Å². The molecule has 0 saturated heterocycles. The van der Waals surface area contributed by atoms with Crippen LogP contribution in [0.2, 0.25) is 0 Å². The van der Waals surface area contributed by atoms with Crippen LogP contribution in [0.15, 0.2) is 18.2 Å². The number of aromatic hydroxyl groups is 1. The number of aliphatic hydroxyl groups is 1. The van der Waals surface area contributed by atoms with Crippen molar-refractivity contribution in [2.75, 3.05) is 0 Å². The van der Waals surface area contributed by atoms with Gasteiger partial charge in [0.25, 0.3) is 5.91 Å². The van der Waals surface area contributed by atoms with E-state index in [1.165, 1.54) is 0 Å². The van der Waals surface area contributed by atoms with Crippen molar-refractivity contribution in [3.63, 3.8) is 0 Å². The minimum atomic E-state index is -0.245. The third-order valence-electron chi connectivity index (χ3n) is 3.87. The Morgan fingerprint density at radius 3 is 2.68 bits per heavy atom. The maximum absolute atomic E-state index is 12.1. The minimum absolute atomic E-state index is 0.0148. The van der Waals surface area contributed by atoms with E-state index < -0.39 is 0 Å². The molecule has 1 aliphatic carbocycles. The first-order valence-electron chi connectivity index (χ1n) is 6.79. The normalized spacial score (nSPS) is 23.5. The summed E-state index contributed by atoms with van der Waals surface area (Å²) in [6.07, 6.45) is 2.11. The number of benzene rings is 1. The van der Waals surface area contributed by atoms with E-state index in [1.54, 1.807) is 12.1 Å². The van der Waals surface area contributed by atoms with Crippen molar-refractivity contribution in [1.29, 1.82) is 0 Å². The number of hydrogen-bond donors (Lipinski definition) is 3. The van der Waals surface area contributed by atoms with Crippen LogP contribution in [0.25, 0.3) is 0 Å². The molecule has 1 saturated carbocycles. The standard InChI is InChI=1S/C15H21NO3/c1-3-13(10-7-11(17)8-10)16-15(19)12-5-4-9(2)6-14(12)18/h4-6,10-11,13,17-18H,3,7-8H2,1-2H3,(H,16,19). The SMILES string of the molecule is CCC(NC(=O)c1ccc(C)cc1O)C1CC(O)C1. The predicted molar refractivity (Wildman–Crippen MR) is 73.1 cm³/mol. The number of rotatable bonds is 4. The van der Waals surface area contributed by atoms with Gasteiger partial charge in [-0.25, -0.2) is 0 Å². The van der Waals surface area contributed by atoms with Gasteiger partial charge < -0.3 is 15.5 Å². The molecule has 1 aliphatic rings. The molecule has 1 amide bonds. The molecule has 104 valence electrons. The maximum atomic E-state index is 12.1. The van der Waals surface area contributed by atoms with Gasteiger partial charge in [-0.15, -0.1) is 0 Å². The van der Waals surface area contributed by atoms with Crippen LogP contribution < -0.4 is 5.32 Å². The van der Waals surface area contributed by atoms with Gasteiger partial charge in [0.1, 0.15) is 5.75 Å². The second-order valence-electron chi connectivity index (χ2n) is 5.39. The van der Waals surface area contributed by atoms with Gasteiger partial charge in [-0.05, 0) is 49.8 Å². The summed E-state index contributed by atoms with van der Waals surface area (Å²) in [4.78, 5) is 12.1. The Hall–Kier alpha value is -1.55. The van der Waals surface area contributed by atoms with Gasteiger partial charge in [0.05, 0.1) is 11.7 Å². The Morgan fingerprint density at radius 2 is 2.16 bits per heavy atom. The van der Waals surface area contributed by atoms with E-state index in [9.17, 15) is 15.0 Å². The fraction of sp³-hybridized carbons (Fsp3) is 0.533. The van der Waals surface area contributed by atoms with Gasteiger partial charge in [-0.1, -0.05) is 13.0 Å². The number of aryl methyl sites for hydroxylation is 1. The van der Waals surface area contributed by atoms with Crippen molar-refractivity contribution in [2.45, 2.75) is 45.3 Å². The molecular weight excluding hydrogens is 242 g/mol. The molecule has 1 atom stereocenters. The number of carbonyl (C=O) groups excluding carboxylic acids is 1. The minimum Gasteiger partial charge on any atom is -0.507 e. The molecule has 1 aromatic carbocycles. The number of carbonyl (C=O) groups is 1. The highest BCUT2D eigenvalue weighted by atomic mass is 16.3. The molecule has 3 N–H and O–H groups in total. The van der Waals surface area contributed by atoms with Crippen LogP contribution in [0.1, 0.15) is 42.1 Å². The lowest BCUT2D eigenvalue weighted by Crippen LogP contribution is -2.46. The lowest BCUT2D eigenvalue weighted by Gasteiger charge is -2.37. The molecule has 19 heavy (non-hydrogen) atoms. The van der Waals surface area contributed by atoms with Crippen molar-refractivity contribution < 1.29 is 15.0 Å². The average molecular weight is 263 g/mol. The first-order valence-corrected chi connectivity index (χ1v) is 6.79. The summed E-state index contributed by atoms with van der Waals surface area (Å²) in [5.41, 5.74) is 1.23. The fourth-order valence-electron chi connectivity index (χ4n) is 2.59. The zero-order chi connectivity index (χ0) is 14.0. The summed E-state index contributed by atoms with van der Waals surface area (Å²) < 4.78 is 0. The van der Waals surface area contributed by atoms with Crippen LogP contribution in [0.5, 0.6) is 5.75 Å². The van der Waals surface area contributed by atoms with Crippen LogP contribution >= 0.6 is 0 Å². The molecule has 0 heterocycles. The fourth-order valence-corrected chi connectivity index (χ4v) is 2.59. The molecule has 0 radical (unpaired) electrons. The number of aliphatic hydroxyl groups excluding tert-OH is 1. The molecule has 4 heteroatoms. The Bertz CT molecular complexity index is 466. The van der Waals surface area contributed by atoms with E-state index in [4.69, 9.17) is 0 Å². The molecule has 4 nitrogen and oxygen atoms in total. The molecule has 0 bridgehead atoms. The second kappa shape index (κ2) is 5.61. The largest absolute Gasteiger partial charge is 0.507 e. The van der Waals surface area contributed by atoms with Crippen molar-refractivity contribution >= 4 is 5.91 Å². The van der Waals surface area contributed by atoms with Crippen molar-refractivity contribution in [2.24, 2.45) is 5.92 Å². The number of phenolic OH excluding ortho intramolecular Hbond substituents is 1. The molecule has 0 spiro atoms. The summed E-state index contributed by atoms with van der Waals surface area (Å²) in [6, 6.07) is 5.10. The molecule has 0 aromatic heterocycles. The third-order valence-corrected chi connectivity index (χ3v) is 3.87. The highest BCUT2D eigenvalue weighted by Gasteiger charge is 2.34. The monoisotopic (exact) mass is 263 g/mol. The predicted octanol–water partition coefficient (Wildman–Crippen LogP) is 1.98. The molecule has 1 fully saturated rings. The highest BCUT2D eigenvalue weighted by Crippen LogP contribution is 2.31. The van der Waals surface area contributed by atoms with Crippen LogP contribution in [-0.4, -0.2) is 28.3 Å². The Balaban J connectivity index is 2.03. The average Bonchev–Trinajstić information content (AvgIpc) is 2.32. The smallest absolute Gasteiger partial charge is 0.255 e.